The van der Waals surface area contributed by atoms with Gasteiger partial charge in [0.2, 0.25) is 0 Å². The Balaban J connectivity index is 1.78. The minimum atomic E-state index is -0.310. The predicted molar refractivity (Wildman–Crippen MR) is 103 cm³/mol. The lowest BCUT2D eigenvalue weighted by Crippen LogP contribution is -1.99. The van der Waals surface area contributed by atoms with Crippen molar-refractivity contribution in [2.45, 2.75) is 13.5 Å². The Hall–Kier alpha value is -3.99. The Kier molecular flexibility index (Phi) is 4.33. The lowest BCUT2D eigenvalue weighted by atomic mass is 10.0. The maximum atomic E-state index is 13.1. The molecule has 2 N–H and O–H groups in total. The van der Waals surface area contributed by atoms with Gasteiger partial charge in [0, 0.05) is 35.6 Å². The molecule has 7 nitrogen and oxygen atoms in total. The third-order valence-electron chi connectivity index (χ3n) is 4.40. The molecule has 0 saturated carbocycles. The number of aryl methyl sites for hydroxylation is 1. The SMILES string of the molecule is CCn1cc(-c2cc(-c3cnn(-c4ccc(F)cc4)c3)nc(N)c2C#N)cn1. The van der Waals surface area contributed by atoms with Crippen molar-refractivity contribution >= 4 is 5.82 Å². The number of anilines is 1. The zero-order valence-electron chi connectivity index (χ0n) is 15.0. The zero-order valence-corrected chi connectivity index (χ0v) is 15.0. The minimum absolute atomic E-state index is 0.147. The maximum Gasteiger partial charge on any atom is 0.142 e. The van der Waals surface area contributed by atoms with Crippen molar-refractivity contribution in [2.75, 3.05) is 5.73 Å². The molecule has 0 aliphatic rings. The van der Waals surface area contributed by atoms with Crippen molar-refractivity contribution in [1.29, 1.82) is 5.26 Å². The molecule has 1 aromatic carbocycles. The first kappa shape index (κ1) is 17.4. The summed E-state index contributed by atoms with van der Waals surface area (Å²) in [6.07, 6.45) is 6.99. The van der Waals surface area contributed by atoms with Gasteiger partial charge in [0.05, 0.1) is 23.8 Å². The minimum Gasteiger partial charge on any atom is -0.383 e. The number of pyridine rings is 1. The molecule has 8 heteroatoms. The number of rotatable bonds is 4. The fourth-order valence-electron chi connectivity index (χ4n) is 2.92. The first-order chi connectivity index (χ1) is 13.6. The van der Waals surface area contributed by atoms with Crippen LogP contribution < -0.4 is 5.73 Å². The Morgan fingerprint density at radius 2 is 1.86 bits per heavy atom. The van der Waals surface area contributed by atoms with Crippen LogP contribution in [-0.2, 0) is 6.54 Å². The second-order valence-electron chi connectivity index (χ2n) is 6.16. The lowest BCUT2D eigenvalue weighted by Gasteiger charge is -2.07. The van der Waals surface area contributed by atoms with E-state index in [9.17, 15) is 9.65 Å². The molecule has 0 amide bonds. The average molecular weight is 373 g/mol. The fourth-order valence-corrected chi connectivity index (χ4v) is 2.92. The summed E-state index contributed by atoms with van der Waals surface area (Å²) in [5.41, 5.74) is 9.85. The van der Waals surface area contributed by atoms with E-state index in [1.807, 2.05) is 13.1 Å². The smallest absolute Gasteiger partial charge is 0.142 e. The van der Waals surface area contributed by atoms with Gasteiger partial charge < -0.3 is 5.73 Å². The number of halogens is 1. The van der Waals surface area contributed by atoms with Gasteiger partial charge in [0.15, 0.2) is 0 Å². The molecule has 3 heterocycles. The Morgan fingerprint density at radius 3 is 2.54 bits per heavy atom. The normalized spacial score (nSPS) is 10.8. The van der Waals surface area contributed by atoms with Crippen LogP contribution in [0.3, 0.4) is 0 Å². The van der Waals surface area contributed by atoms with E-state index < -0.39 is 0 Å². The molecule has 0 unspecified atom stereocenters. The van der Waals surface area contributed by atoms with Gasteiger partial charge in [0.25, 0.3) is 0 Å². The number of nitrogens with two attached hydrogens (primary N) is 1. The molecule has 0 fully saturated rings. The summed E-state index contributed by atoms with van der Waals surface area (Å²) in [4.78, 5) is 4.36. The van der Waals surface area contributed by atoms with Crippen molar-refractivity contribution in [3.05, 3.63) is 66.5 Å². The quantitative estimate of drug-likeness (QED) is 0.591. The summed E-state index contributed by atoms with van der Waals surface area (Å²) in [7, 11) is 0. The topological polar surface area (TPSA) is 98.3 Å². The van der Waals surface area contributed by atoms with Crippen LogP contribution >= 0.6 is 0 Å². The molecule has 0 radical (unpaired) electrons. The van der Waals surface area contributed by atoms with Crippen LogP contribution in [0.2, 0.25) is 0 Å². The van der Waals surface area contributed by atoms with Gasteiger partial charge in [-0.2, -0.15) is 15.5 Å². The van der Waals surface area contributed by atoms with Crippen LogP contribution in [-0.4, -0.2) is 24.5 Å². The molecular formula is C20H16FN7. The number of nitriles is 1. The predicted octanol–water partition coefficient (Wildman–Crippen LogP) is 3.41. The summed E-state index contributed by atoms with van der Waals surface area (Å²) in [5, 5.41) is 18.1. The maximum absolute atomic E-state index is 13.1. The lowest BCUT2D eigenvalue weighted by molar-refractivity contribution is 0.627. The second-order valence-corrected chi connectivity index (χ2v) is 6.16. The second kappa shape index (κ2) is 6.96. The van der Waals surface area contributed by atoms with Gasteiger partial charge in [-0.25, -0.2) is 14.1 Å². The Morgan fingerprint density at radius 1 is 1.11 bits per heavy atom. The first-order valence-corrected chi connectivity index (χ1v) is 8.63. The number of benzene rings is 1. The van der Waals surface area contributed by atoms with Gasteiger partial charge in [0.1, 0.15) is 23.3 Å². The van der Waals surface area contributed by atoms with Crippen LogP contribution in [0.5, 0.6) is 0 Å². The summed E-state index contributed by atoms with van der Waals surface area (Å²) in [6.45, 7) is 2.71. The number of hydrogen-bond donors (Lipinski definition) is 1. The summed E-state index contributed by atoms with van der Waals surface area (Å²) >= 11 is 0. The summed E-state index contributed by atoms with van der Waals surface area (Å²) in [5.74, 6) is -0.163. The molecule has 138 valence electrons. The van der Waals surface area contributed by atoms with E-state index in [0.29, 0.717) is 16.8 Å². The molecule has 0 saturated heterocycles. The molecule has 3 aromatic heterocycles. The van der Waals surface area contributed by atoms with Crippen LogP contribution in [0.15, 0.2) is 55.1 Å². The van der Waals surface area contributed by atoms with Gasteiger partial charge in [-0.05, 0) is 37.3 Å². The largest absolute Gasteiger partial charge is 0.383 e. The molecule has 0 bridgehead atoms. The van der Waals surface area contributed by atoms with E-state index in [1.165, 1.54) is 12.1 Å². The molecule has 0 atom stereocenters. The molecule has 0 spiro atoms. The summed E-state index contributed by atoms with van der Waals surface area (Å²) in [6, 6.07) is 9.95. The third kappa shape index (κ3) is 3.10. The molecule has 28 heavy (non-hydrogen) atoms. The highest BCUT2D eigenvalue weighted by atomic mass is 19.1. The van der Waals surface area contributed by atoms with E-state index >= 15 is 0 Å². The van der Waals surface area contributed by atoms with Crippen LogP contribution in [0.25, 0.3) is 28.1 Å². The van der Waals surface area contributed by atoms with E-state index in [1.54, 1.807) is 46.2 Å². The van der Waals surface area contributed by atoms with Crippen molar-refractivity contribution in [2.24, 2.45) is 0 Å². The number of nitrogens with zero attached hydrogens (tertiary/aromatic N) is 6. The molecular weight excluding hydrogens is 357 g/mol. The van der Waals surface area contributed by atoms with Gasteiger partial charge in [-0.15, -0.1) is 0 Å². The summed E-state index contributed by atoms with van der Waals surface area (Å²) < 4.78 is 16.5. The highest BCUT2D eigenvalue weighted by Crippen LogP contribution is 2.31. The standard InChI is InChI=1S/C20H16FN7/c1-2-27-11-13(9-24-27)17-7-19(26-20(23)18(17)8-22)14-10-25-28(12-14)16-5-3-15(21)4-6-16/h3-7,9-12H,2H2,1H3,(H2,23,26). The third-order valence-corrected chi connectivity index (χ3v) is 4.40. The van der Waals surface area contributed by atoms with Crippen LogP contribution in [0.1, 0.15) is 12.5 Å². The molecule has 4 rings (SSSR count). The average Bonchev–Trinajstić information content (AvgIpc) is 3.38. The monoisotopic (exact) mass is 373 g/mol. The van der Waals surface area contributed by atoms with Crippen molar-refractivity contribution in [1.82, 2.24) is 24.5 Å². The number of nitrogen functional groups attached to an aromatic ring is 1. The zero-order chi connectivity index (χ0) is 19.7. The highest BCUT2D eigenvalue weighted by Gasteiger charge is 2.16. The van der Waals surface area contributed by atoms with E-state index in [-0.39, 0.29) is 11.6 Å². The van der Waals surface area contributed by atoms with Crippen LogP contribution in [0.4, 0.5) is 10.2 Å². The van der Waals surface area contributed by atoms with Crippen LogP contribution in [0, 0.1) is 17.1 Å². The Bertz CT molecular complexity index is 1180. The van der Waals surface area contributed by atoms with Crippen molar-refractivity contribution < 1.29 is 4.39 Å². The Labute approximate surface area is 160 Å². The molecule has 0 aliphatic heterocycles. The number of aromatic nitrogens is 5. The molecule has 4 aromatic rings. The van der Waals surface area contributed by atoms with E-state index in [0.717, 1.165) is 23.4 Å². The highest BCUT2D eigenvalue weighted by molar-refractivity contribution is 5.79. The van der Waals surface area contributed by atoms with Crippen molar-refractivity contribution in [3.8, 4) is 34.1 Å². The van der Waals surface area contributed by atoms with E-state index in [2.05, 4.69) is 21.3 Å². The van der Waals surface area contributed by atoms with Gasteiger partial charge >= 0.3 is 0 Å². The first-order valence-electron chi connectivity index (χ1n) is 8.63. The molecule has 0 aliphatic carbocycles. The van der Waals surface area contributed by atoms with Crippen molar-refractivity contribution in [3.63, 3.8) is 0 Å². The van der Waals surface area contributed by atoms with Gasteiger partial charge in [-0.1, -0.05) is 0 Å². The van der Waals surface area contributed by atoms with Gasteiger partial charge in [-0.3, -0.25) is 4.68 Å². The number of hydrogen-bond acceptors (Lipinski definition) is 5. The fraction of sp³-hybridized carbons (Fsp3) is 0.100. The van der Waals surface area contributed by atoms with E-state index in [4.69, 9.17) is 5.73 Å².